The van der Waals surface area contributed by atoms with E-state index in [1.807, 2.05) is 0 Å². The van der Waals surface area contributed by atoms with E-state index in [9.17, 15) is 17.6 Å². The van der Waals surface area contributed by atoms with Crippen LogP contribution in [0.2, 0.25) is 0 Å². The predicted octanol–water partition coefficient (Wildman–Crippen LogP) is 3.00. The summed E-state index contributed by atoms with van der Waals surface area (Å²) in [6.45, 7) is 1.12. The lowest BCUT2D eigenvalue weighted by Crippen LogP contribution is -2.50. The third kappa shape index (κ3) is 4.23. The topological polar surface area (TPSA) is 57.7 Å². The number of benzene rings is 1. The molecule has 1 saturated heterocycles. The molecule has 1 aliphatic carbocycles. The summed E-state index contributed by atoms with van der Waals surface area (Å²) < 4.78 is 41.1. The van der Waals surface area contributed by atoms with Crippen molar-refractivity contribution in [3.63, 3.8) is 0 Å². The minimum atomic E-state index is -3.90. The average molecular weight is 433 g/mol. The van der Waals surface area contributed by atoms with Crippen LogP contribution in [0, 0.1) is 11.7 Å². The van der Waals surface area contributed by atoms with Crippen LogP contribution in [0.25, 0.3) is 0 Å². The number of hydrogen-bond donors (Lipinski definition) is 0. The van der Waals surface area contributed by atoms with Crippen molar-refractivity contribution in [2.45, 2.75) is 37.0 Å². The zero-order chi connectivity index (χ0) is 18.0. The van der Waals surface area contributed by atoms with Crippen molar-refractivity contribution >= 4 is 31.9 Å². The van der Waals surface area contributed by atoms with Gasteiger partial charge in [-0.05, 0) is 37.0 Å². The van der Waals surface area contributed by atoms with E-state index in [4.69, 9.17) is 0 Å². The smallest absolute Gasteiger partial charge is 0.246 e. The van der Waals surface area contributed by atoms with Gasteiger partial charge in [-0.15, -0.1) is 0 Å². The lowest BCUT2D eigenvalue weighted by molar-refractivity contribution is -0.133. The van der Waals surface area contributed by atoms with Crippen LogP contribution in [-0.2, 0) is 14.8 Å². The highest BCUT2D eigenvalue weighted by atomic mass is 79.9. The Morgan fingerprint density at radius 2 is 1.80 bits per heavy atom. The van der Waals surface area contributed by atoms with Crippen molar-refractivity contribution in [2.75, 3.05) is 26.2 Å². The molecule has 0 unspecified atom stereocenters. The maximum Gasteiger partial charge on any atom is 0.246 e. The molecule has 1 saturated carbocycles. The first-order valence-corrected chi connectivity index (χ1v) is 10.8. The van der Waals surface area contributed by atoms with Gasteiger partial charge in [-0.1, -0.05) is 28.8 Å². The molecule has 1 aromatic rings. The number of amides is 1. The molecular weight excluding hydrogens is 411 g/mol. The molecule has 0 N–H and O–H groups in total. The highest BCUT2D eigenvalue weighted by Crippen LogP contribution is 2.29. The lowest BCUT2D eigenvalue weighted by Gasteiger charge is -2.34. The summed E-state index contributed by atoms with van der Waals surface area (Å²) in [4.78, 5) is 13.8. The molecule has 2 fully saturated rings. The molecule has 1 amide bonds. The SMILES string of the molecule is O=C(CC1CCCC1)N1CCN(S(=O)(=O)c2cc(Br)ccc2F)CC1. The third-order valence-corrected chi connectivity index (χ3v) is 7.45. The van der Waals surface area contributed by atoms with E-state index in [-0.39, 0.29) is 23.9 Å². The number of halogens is 2. The molecule has 25 heavy (non-hydrogen) atoms. The fraction of sp³-hybridized carbons (Fsp3) is 0.588. The molecule has 5 nitrogen and oxygen atoms in total. The molecule has 3 rings (SSSR count). The first-order valence-electron chi connectivity index (χ1n) is 8.61. The molecular formula is C17H22BrFN2O3S. The Balaban J connectivity index is 1.63. The Bertz CT molecular complexity index is 742. The Hall–Kier alpha value is -0.990. The summed E-state index contributed by atoms with van der Waals surface area (Å²) in [5, 5.41) is 0. The van der Waals surface area contributed by atoms with Crippen LogP contribution in [0.1, 0.15) is 32.1 Å². The van der Waals surface area contributed by atoms with Crippen molar-refractivity contribution < 1.29 is 17.6 Å². The van der Waals surface area contributed by atoms with Gasteiger partial charge in [0.15, 0.2) is 0 Å². The van der Waals surface area contributed by atoms with Gasteiger partial charge in [0.05, 0.1) is 0 Å². The Morgan fingerprint density at radius 1 is 1.16 bits per heavy atom. The second-order valence-electron chi connectivity index (χ2n) is 6.71. The molecule has 8 heteroatoms. The zero-order valence-electron chi connectivity index (χ0n) is 14.0. The molecule has 1 aromatic carbocycles. The van der Waals surface area contributed by atoms with Gasteiger partial charge in [-0.25, -0.2) is 12.8 Å². The van der Waals surface area contributed by atoms with E-state index in [1.165, 1.54) is 29.3 Å². The first kappa shape index (κ1) is 18.8. The van der Waals surface area contributed by atoms with Crippen LogP contribution < -0.4 is 0 Å². The Kier molecular flexibility index (Phi) is 5.80. The summed E-state index contributed by atoms with van der Waals surface area (Å²) in [5.41, 5.74) is 0. The molecule has 138 valence electrons. The van der Waals surface area contributed by atoms with Crippen LogP contribution in [0.3, 0.4) is 0 Å². The van der Waals surface area contributed by atoms with E-state index < -0.39 is 15.8 Å². The number of sulfonamides is 1. The lowest BCUT2D eigenvalue weighted by atomic mass is 10.0. The third-order valence-electron chi connectivity index (χ3n) is 5.04. The molecule has 0 radical (unpaired) electrons. The molecule has 0 aromatic heterocycles. The fourth-order valence-electron chi connectivity index (χ4n) is 3.58. The normalized spacial score (nSPS) is 20.2. The minimum Gasteiger partial charge on any atom is -0.340 e. The molecule has 0 atom stereocenters. The van der Waals surface area contributed by atoms with Gasteiger partial charge in [0.2, 0.25) is 15.9 Å². The number of carbonyl (C=O) groups is 1. The van der Waals surface area contributed by atoms with Crippen LogP contribution >= 0.6 is 15.9 Å². The maximum atomic E-state index is 14.0. The van der Waals surface area contributed by atoms with E-state index in [0.717, 1.165) is 18.9 Å². The summed E-state index contributed by atoms with van der Waals surface area (Å²) in [7, 11) is -3.90. The highest BCUT2D eigenvalue weighted by molar-refractivity contribution is 9.10. The largest absolute Gasteiger partial charge is 0.340 e. The van der Waals surface area contributed by atoms with Crippen LogP contribution in [0.4, 0.5) is 4.39 Å². The highest BCUT2D eigenvalue weighted by Gasteiger charge is 2.32. The van der Waals surface area contributed by atoms with Gasteiger partial charge in [0.25, 0.3) is 0 Å². The number of hydrogen-bond acceptors (Lipinski definition) is 3. The molecule has 2 aliphatic rings. The van der Waals surface area contributed by atoms with Gasteiger partial charge in [0.1, 0.15) is 10.7 Å². The van der Waals surface area contributed by atoms with Crippen molar-refractivity contribution in [3.8, 4) is 0 Å². The minimum absolute atomic E-state index is 0.109. The first-order chi connectivity index (χ1) is 11.9. The maximum absolute atomic E-state index is 14.0. The van der Waals surface area contributed by atoms with E-state index >= 15 is 0 Å². The zero-order valence-corrected chi connectivity index (χ0v) is 16.4. The molecule has 1 heterocycles. The predicted molar refractivity (Wildman–Crippen MR) is 96.0 cm³/mol. The van der Waals surface area contributed by atoms with Crippen molar-refractivity contribution in [2.24, 2.45) is 5.92 Å². The number of piperazine rings is 1. The summed E-state index contributed by atoms with van der Waals surface area (Å²) in [6.07, 6.45) is 5.18. The fourth-order valence-corrected chi connectivity index (χ4v) is 5.61. The Morgan fingerprint density at radius 3 is 2.44 bits per heavy atom. The number of nitrogens with zero attached hydrogens (tertiary/aromatic N) is 2. The van der Waals surface area contributed by atoms with Crippen molar-refractivity contribution in [3.05, 3.63) is 28.5 Å². The number of carbonyl (C=O) groups excluding carboxylic acids is 1. The molecule has 1 aliphatic heterocycles. The van der Waals surface area contributed by atoms with Gasteiger partial charge in [-0.3, -0.25) is 4.79 Å². The molecule has 0 spiro atoms. The van der Waals surface area contributed by atoms with E-state index in [2.05, 4.69) is 15.9 Å². The van der Waals surface area contributed by atoms with E-state index in [1.54, 1.807) is 4.90 Å². The van der Waals surface area contributed by atoms with Gasteiger partial charge < -0.3 is 4.90 Å². The summed E-state index contributed by atoms with van der Waals surface area (Å²) >= 11 is 3.18. The Labute approximate surface area is 156 Å². The second-order valence-corrected chi connectivity index (χ2v) is 9.54. The van der Waals surface area contributed by atoms with Crippen molar-refractivity contribution in [1.29, 1.82) is 0 Å². The average Bonchev–Trinajstić information content (AvgIpc) is 3.10. The quantitative estimate of drug-likeness (QED) is 0.734. The monoisotopic (exact) mass is 432 g/mol. The van der Waals surface area contributed by atoms with Crippen LogP contribution in [0.5, 0.6) is 0 Å². The van der Waals surface area contributed by atoms with Gasteiger partial charge in [-0.2, -0.15) is 4.31 Å². The number of rotatable bonds is 4. The second kappa shape index (κ2) is 7.72. The summed E-state index contributed by atoms with van der Waals surface area (Å²) in [6, 6.07) is 3.88. The van der Waals surface area contributed by atoms with Gasteiger partial charge >= 0.3 is 0 Å². The standard InChI is InChI=1S/C17H22BrFN2O3S/c18-14-5-6-15(19)16(12-14)25(23,24)21-9-7-20(8-10-21)17(22)11-13-3-1-2-4-13/h5-6,12-13H,1-4,7-11H2. The molecule has 0 bridgehead atoms. The summed E-state index contributed by atoms with van der Waals surface area (Å²) in [5.74, 6) is -0.175. The van der Waals surface area contributed by atoms with Gasteiger partial charge in [0, 0.05) is 37.1 Å². The van der Waals surface area contributed by atoms with Crippen molar-refractivity contribution in [1.82, 2.24) is 9.21 Å². The van der Waals surface area contributed by atoms with E-state index in [0.29, 0.717) is 29.9 Å². The van der Waals surface area contributed by atoms with Crippen LogP contribution in [0.15, 0.2) is 27.6 Å². The van der Waals surface area contributed by atoms with Crippen LogP contribution in [-0.4, -0.2) is 49.7 Å².